The Kier molecular flexibility index (Phi) is 6.62. The van der Waals surface area contributed by atoms with Gasteiger partial charge in [-0.15, -0.1) is 0 Å². The van der Waals surface area contributed by atoms with Gasteiger partial charge in [-0.25, -0.2) is 0 Å². The summed E-state index contributed by atoms with van der Waals surface area (Å²) in [6, 6.07) is 0.360. The summed E-state index contributed by atoms with van der Waals surface area (Å²) in [5.74, 6) is 3.97. The highest BCUT2D eigenvalue weighted by Crippen LogP contribution is 2.66. The molecule has 4 heteroatoms. The molecule has 0 spiro atoms. The molecule has 2 N–H and O–H groups in total. The van der Waals surface area contributed by atoms with Crippen molar-refractivity contribution in [3.63, 3.8) is 0 Å². The first-order valence-corrected chi connectivity index (χ1v) is 15.2. The average Bonchev–Trinajstić information content (AvgIpc) is 3.15. The van der Waals surface area contributed by atoms with Crippen molar-refractivity contribution in [1.29, 1.82) is 0 Å². The van der Waals surface area contributed by atoms with Crippen molar-refractivity contribution in [3.05, 3.63) is 0 Å². The van der Waals surface area contributed by atoms with E-state index in [0.717, 1.165) is 49.6 Å². The number of hydrogen-bond donors (Lipinski definition) is 2. The van der Waals surface area contributed by atoms with E-state index in [4.69, 9.17) is 0 Å². The zero-order chi connectivity index (χ0) is 23.5. The third kappa shape index (κ3) is 4.02. The lowest BCUT2D eigenvalue weighted by Gasteiger charge is -2.62. The monoisotopic (exact) mass is 472 g/mol. The number of aliphatic hydroxyl groups is 2. The number of fused-ring (bicyclic) bond motifs is 5. The normalized spacial score (nSPS) is 51.0. The third-order valence-electron chi connectivity index (χ3n) is 12.8. The van der Waals surface area contributed by atoms with Gasteiger partial charge in [0.1, 0.15) is 0 Å². The minimum Gasteiger partial charge on any atom is -0.393 e. The largest absolute Gasteiger partial charge is 0.393 e. The van der Waals surface area contributed by atoms with Crippen LogP contribution in [0.4, 0.5) is 0 Å². The molecule has 0 amide bonds. The summed E-state index contributed by atoms with van der Waals surface area (Å²) in [6.07, 6.45) is 16.7. The van der Waals surface area contributed by atoms with E-state index in [0.29, 0.717) is 17.4 Å². The second-order valence-corrected chi connectivity index (χ2v) is 14.2. The third-order valence-corrected chi connectivity index (χ3v) is 12.8. The molecule has 0 radical (unpaired) electrons. The summed E-state index contributed by atoms with van der Waals surface area (Å²) >= 11 is 0. The lowest BCUT2D eigenvalue weighted by molar-refractivity contribution is -0.155. The van der Waals surface area contributed by atoms with Crippen LogP contribution in [0.15, 0.2) is 0 Å². The molecular weight excluding hydrogens is 420 g/mol. The first-order valence-electron chi connectivity index (χ1n) is 15.2. The SMILES string of the molecule is C[C@]12C[C@H](N3CCN(CC4CCCCC4)CC3)[C@@H](O)C[C@@H]1CC[C@@H]1[C@@H]2CC[C@]2(C)[C@@H](O)CC[C@@H]12. The van der Waals surface area contributed by atoms with Gasteiger partial charge >= 0.3 is 0 Å². The van der Waals surface area contributed by atoms with Gasteiger partial charge in [0.2, 0.25) is 0 Å². The van der Waals surface area contributed by atoms with Crippen LogP contribution in [0.25, 0.3) is 0 Å². The van der Waals surface area contributed by atoms with Gasteiger partial charge in [-0.3, -0.25) is 4.90 Å². The summed E-state index contributed by atoms with van der Waals surface area (Å²) < 4.78 is 0. The molecule has 1 saturated heterocycles. The van der Waals surface area contributed by atoms with Crippen molar-refractivity contribution in [1.82, 2.24) is 9.80 Å². The minimum atomic E-state index is -0.137. The molecule has 0 bridgehead atoms. The predicted molar refractivity (Wildman–Crippen MR) is 137 cm³/mol. The van der Waals surface area contributed by atoms with E-state index in [1.54, 1.807) is 0 Å². The molecule has 34 heavy (non-hydrogen) atoms. The fourth-order valence-corrected chi connectivity index (χ4v) is 10.6. The van der Waals surface area contributed by atoms with Crippen LogP contribution >= 0.6 is 0 Å². The second kappa shape index (κ2) is 9.30. The molecule has 5 aliphatic carbocycles. The van der Waals surface area contributed by atoms with Crippen LogP contribution < -0.4 is 0 Å². The Morgan fingerprint density at radius 2 is 1.50 bits per heavy atom. The van der Waals surface area contributed by atoms with E-state index in [2.05, 4.69) is 23.6 Å². The van der Waals surface area contributed by atoms with Crippen LogP contribution in [-0.2, 0) is 0 Å². The Hall–Kier alpha value is -0.160. The highest BCUT2D eigenvalue weighted by Gasteiger charge is 2.61. The van der Waals surface area contributed by atoms with Crippen LogP contribution in [0.3, 0.4) is 0 Å². The summed E-state index contributed by atoms with van der Waals surface area (Å²) in [6.45, 7) is 11.0. The minimum absolute atomic E-state index is 0.0742. The first-order chi connectivity index (χ1) is 16.4. The fourth-order valence-electron chi connectivity index (χ4n) is 10.6. The quantitative estimate of drug-likeness (QED) is 0.612. The van der Waals surface area contributed by atoms with E-state index in [-0.39, 0.29) is 17.6 Å². The Bertz CT molecular complexity index is 717. The fraction of sp³-hybridized carbons (Fsp3) is 1.00. The van der Waals surface area contributed by atoms with E-state index in [9.17, 15) is 10.2 Å². The summed E-state index contributed by atoms with van der Waals surface area (Å²) in [5.41, 5.74) is 0.549. The summed E-state index contributed by atoms with van der Waals surface area (Å²) in [4.78, 5) is 5.43. The highest BCUT2D eigenvalue weighted by atomic mass is 16.3. The molecule has 0 aromatic rings. The van der Waals surface area contributed by atoms with E-state index in [1.807, 2.05) is 0 Å². The van der Waals surface area contributed by atoms with Crippen LogP contribution in [0.1, 0.15) is 97.3 Å². The van der Waals surface area contributed by atoms with Gasteiger partial charge in [0.25, 0.3) is 0 Å². The number of aliphatic hydroxyl groups excluding tert-OH is 2. The molecule has 6 aliphatic rings. The molecule has 1 aliphatic heterocycles. The molecule has 6 rings (SSSR count). The Morgan fingerprint density at radius 1 is 0.765 bits per heavy atom. The molecule has 0 aromatic heterocycles. The first kappa shape index (κ1) is 24.2. The van der Waals surface area contributed by atoms with Gasteiger partial charge < -0.3 is 15.1 Å². The molecule has 0 unspecified atom stereocenters. The second-order valence-electron chi connectivity index (χ2n) is 14.2. The average molecular weight is 473 g/mol. The Labute approximate surface area is 208 Å². The van der Waals surface area contributed by atoms with E-state index >= 15 is 0 Å². The molecule has 5 saturated carbocycles. The lowest BCUT2D eigenvalue weighted by atomic mass is 9.44. The number of rotatable bonds is 3. The number of nitrogens with zero attached hydrogens (tertiary/aromatic N) is 2. The smallest absolute Gasteiger partial charge is 0.0698 e. The maximum Gasteiger partial charge on any atom is 0.0698 e. The zero-order valence-electron chi connectivity index (χ0n) is 22.1. The standard InChI is InChI=1S/C30H52N2O2/c1-29-13-12-25-23(24(29)10-11-28(29)34)9-8-22-18-27(33)26(19-30(22,25)2)32-16-14-31(15-17-32)20-21-6-4-3-5-7-21/h21-28,33-34H,3-20H2,1-2H3/t22-,23-,24-,25-,26-,27-,28-,29-,30-/m0/s1. The predicted octanol–water partition coefficient (Wildman–Crippen LogP) is 4.93. The van der Waals surface area contributed by atoms with Crippen molar-refractivity contribution in [2.45, 2.75) is 116 Å². The van der Waals surface area contributed by atoms with Gasteiger partial charge in [-0.05, 0) is 105 Å². The molecule has 6 fully saturated rings. The molecule has 9 atom stereocenters. The van der Waals surface area contributed by atoms with Crippen molar-refractivity contribution >= 4 is 0 Å². The molecule has 1 heterocycles. The molecular formula is C30H52N2O2. The topological polar surface area (TPSA) is 46.9 Å². The van der Waals surface area contributed by atoms with Gasteiger partial charge in [0, 0.05) is 38.8 Å². The van der Waals surface area contributed by atoms with Crippen molar-refractivity contribution in [3.8, 4) is 0 Å². The van der Waals surface area contributed by atoms with Gasteiger partial charge in [-0.1, -0.05) is 33.1 Å². The van der Waals surface area contributed by atoms with Crippen LogP contribution in [0, 0.1) is 40.4 Å². The van der Waals surface area contributed by atoms with Gasteiger partial charge in [0.05, 0.1) is 12.2 Å². The zero-order valence-corrected chi connectivity index (χ0v) is 22.1. The lowest BCUT2D eigenvalue weighted by Crippen LogP contribution is -2.62. The van der Waals surface area contributed by atoms with Gasteiger partial charge in [0.15, 0.2) is 0 Å². The van der Waals surface area contributed by atoms with Gasteiger partial charge in [-0.2, -0.15) is 0 Å². The molecule has 194 valence electrons. The van der Waals surface area contributed by atoms with Crippen LogP contribution in [0.5, 0.6) is 0 Å². The van der Waals surface area contributed by atoms with Crippen molar-refractivity contribution < 1.29 is 10.2 Å². The molecule has 4 nitrogen and oxygen atoms in total. The maximum absolute atomic E-state index is 11.3. The van der Waals surface area contributed by atoms with Crippen molar-refractivity contribution in [2.24, 2.45) is 40.4 Å². The maximum atomic E-state index is 11.3. The molecule has 0 aromatic carbocycles. The number of hydrogen-bond acceptors (Lipinski definition) is 4. The van der Waals surface area contributed by atoms with Crippen LogP contribution in [-0.4, -0.2) is 71.0 Å². The number of piperazine rings is 1. The van der Waals surface area contributed by atoms with E-state index < -0.39 is 0 Å². The highest BCUT2D eigenvalue weighted by molar-refractivity contribution is 5.11. The summed E-state index contributed by atoms with van der Waals surface area (Å²) in [5, 5.41) is 22.1. The van der Waals surface area contributed by atoms with Crippen molar-refractivity contribution in [2.75, 3.05) is 32.7 Å². The summed E-state index contributed by atoms with van der Waals surface area (Å²) in [7, 11) is 0. The Morgan fingerprint density at radius 3 is 2.26 bits per heavy atom. The Balaban J connectivity index is 1.12. The van der Waals surface area contributed by atoms with Crippen LogP contribution in [0.2, 0.25) is 0 Å². The van der Waals surface area contributed by atoms with E-state index in [1.165, 1.54) is 90.3 Å².